The highest BCUT2D eigenvalue weighted by molar-refractivity contribution is 5.88. The van der Waals surface area contributed by atoms with E-state index >= 15 is 0 Å². The summed E-state index contributed by atoms with van der Waals surface area (Å²) in [6, 6.07) is 0.191. The predicted molar refractivity (Wildman–Crippen MR) is 110 cm³/mol. The van der Waals surface area contributed by atoms with Gasteiger partial charge in [-0.25, -0.2) is 0 Å². The normalized spacial score (nSPS) is 23.6. The first-order valence-corrected chi connectivity index (χ1v) is 11.2. The second-order valence-corrected chi connectivity index (χ2v) is 8.84. The van der Waals surface area contributed by atoms with Gasteiger partial charge >= 0.3 is 0 Å². The lowest BCUT2D eigenvalue weighted by atomic mass is 9.75. The van der Waals surface area contributed by atoms with Gasteiger partial charge in [-0.05, 0) is 44.4 Å². The summed E-state index contributed by atoms with van der Waals surface area (Å²) in [6.07, 6.45) is 18.3. The van der Waals surface area contributed by atoms with Crippen molar-refractivity contribution in [3.63, 3.8) is 0 Å². The fraction of sp³-hybridized carbons (Fsp3) is 0.909. The van der Waals surface area contributed by atoms with Crippen molar-refractivity contribution in [1.82, 2.24) is 5.32 Å². The molecule has 26 heavy (non-hydrogen) atoms. The SMILES string of the molecule is CCC(C)NC(=O)[C@@](CCC1CCCCC1)(CC1CCCCC1)N=CN. The summed E-state index contributed by atoms with van der Waals surface area (Å²) >= 11 is 0. The van der Waals surface area contributed by atoms with Crippen LogP contribution in [0.15, 0.2) is 4.99 Å². The monoisotopic (exact) mass is 363 g/mol. The number of rotatable bonds is 9. The van der Waals surface area contributed by atoms with Crippen molar-refractivity contribution < 1.29 is 4.79 Å². The van der Waals surface area contributed by atoms with Crippen LogP contribution in [0.25, 0.3) is 0 Å². The van der Waals surface area contributed by atoms with E-state index in [0.29, 0.717) is 5.92 Å². The Labute approximate surface area is 160 Å². The third-order valence-corrected chi connectivity index (χ3v) is 6.78. The molecule has 2 saturated carbocycles. The van der Waals surface area contributed by atoms with Crippen molar-refractivity contribution in [2.45, 2.75) is 115 Å². The van der Waals surface area contributed by atoms with E-state index in [-0.39, 0.29) is 11.9 Å². The molecule has 1 amide bonds. The lowest BCUT2D eigenvalue weighted by Crippen LogP contribution is -2.50. The molecule has 1 unspecified atom stereocenters. The Balaban J connectivity index is 2.12. The molecular weight excluding hydrogens is 322 g/mol. The average molecular weight is 364 g/mol. The van der Waals surface area contributed by atoms with Crippen LogP contribution in [-0.4, -0.2) is 23.8 Å². The highest BCUT2D eigenvalue weighted by Gasteiger charge is 2.40. The number of nitrogens with two attached hydrogens (primary N) is 1. The Hall–Kier alpha value is -1.06. The number of hydrogen-bond donors (Lipinski definition) is 2. The van der Waals surface area contributed by atoms with Gasteiger partial charge in [-0.1, -0.05) is 71.1 Å². The highest BCUT2D eigenvalue weighted by atomic mass is 16.2. The van der Waals surface area contributed by atoms with E-state index in [1.165, 1.54) is 70.5 Å². The van der Waals surface area contributed by atoms with Gasteiger partial charge in [0.05, 0.1) is 6.34 Å². The molecule has 4 heteroatoms. The largest absolute Gasteiger partial charge is 0.390 e. The zero-order valence-corrected chi connectivity index (χ0v) is 17.1. The first kappa shape index (κ1) is 21.2. The van der Waals surface area contributed by atoms with Crippen molar-refractivity contribution in [1.29, 1.82) is 0 Å². The molecule has 0 spiro atoms. The van der Waals surface area contributed by atoms with E-state index in [4.69, 9.17) is 5.73 Å². The molecule has 150 valence electrons. The summed E-state index contributed by atoms with van der Waals surface area (Å²) in [5, 5.41) is 3.22. The van der Waals surface area contributed by atoms with Gasteiger partial charge in [0.2, 0.25) is 5.91 Å². The van der Waals surface area contributed by atoms with Crippen molar-refractivity contribution in [3.05, 3.63) is 0 Å². The van der Waals surface area contributed by atoms with Crippen LogP contribution in [0.3, 0.4) is 0 Å². The van der Waals surface area contributed by atoms with Gasteiger partial charge in [0.15, 0.2) is 0 Å². The lowest BCUT2D eigenvalue weighted by molar-refractivity contribution is -0.128. The van der Waals surface area contributed by atoms with Crippen LogP contribution < -0.4 is 11.1 Å². The van der Waals surface area contributed by atoms with Gasteiger partial charge in [0, 0.05) is 6.04 Å². The Bertz CT molecular complexity index is 439. The standard InChI is InChI=1S/C22H41N3O/c1-3-18(2)25-21(26)22(24-17-23,16-20-12-8-5-9-13-20)15-14-19-10-6-4-7-11-19/h17-20H,3-16H2,1-2H3,(H2,23,24)(H,25,26)/t18?,22-/m1/s1. The van der Waals surface area contributed by atoms with E-state index in [0.717, 1.165) is 31.6 Å². The second-order valence-electron chi connectivity index (χ2n) is 8.84. The van der Waals surface area contributed by atoms with Crippen LogP contribution >= 0.6 is 0 Å². The molecule has 0 aromatic heterocycles. The topological polar surface area (TPSA) is 67.5 Å². The molecule has 0 bridgehead atoms. The van der Waals surface area contributed by atoms with Crippen LogP contribution in [0.4, 0.5) is 0 Å². The maximum Gasteiger partial charge on any atom is 0.248 e. The van der Waals surface area contributed by atoms with E-state index in [1.54, 1.807) is 0 Å². The van der Waals surface area contributed by atoms with Gasteiger partial charge in [-0.15, -0.1) is 0 Å². The van der Waals surface area contributed by atoms with Crippen LogP contribution in [0, 0.1) is 11.8 Å². The second kappa shape index (κ2) is 10.9. The van der Waals surface area contributed by atoms with Gasteiger partial charge < -0.3 is 11.1 Å². The van der Waals surface area contributed by atoms with Crippen LogP contribution in [0.2, 0.25) is 0 Å². The van der Waals surface area contributed by atoms with Crippen molar-refractivity contribution in [3.8, 4) is 0 Å². The Morgan fingerprint density at radius 1 is 1.12 bits per heavy atom. The number of aliphatic imine (C=N–C) groups is 1. The molecule has 0 radical (unpaired) electrons. The molecule has 0 heterocycles. The van der Waals surface area contributed by atoms with E-state index in [2.05, 4.69) is 24.2 Å². The first-order chi connectivity index (χ1) is 12.6. The van der Waals surface area contributed by atoms with E-state index in [9.17, 15) is 4.79 Å². The molecule has 2 aliphatic rings. The average Bonchev–Trinajstić information content (AvgIpc) is 2.67. The fourth-order valence-corrected chi connectivity index (χ4v) is 4.87. The molecule has 0 aromatic carbocycles. The van der Waals surface area contributed by atoms with Gasteiger partial charge in [-0.2, -0.15) is 0 Å². The van der Waals surface area contributed by atoms with Crippen LogP contribution in [-0.2, 0) is 4.79 Å². The summed E-state index contributed by atoms with van der Waals surface area (Å²) < 4.78 is 0. The zero-order chi connectivity index (χ0) is 18.8. The number of nitrogens with zero attached hydrogens (tertiary/aromatic N) is 1. The fourth-order valence-electron chi connectivity index (χ4n) is 4.87. The number of hydrogen-bond acceptors (Lipinski definition) is 2. The van der Waals surface area contributed by atoms with Gasteiger partial charge in [0.1, 0.15) is 5.54 Å². The highest BCUT2D eigenvalue weighted by Crippen LogP contribution is 2.37. The number of carbonyl (C=O) groups excluding carboxylic acids is 1. The molecule has 2 aliphatic carbocycles. The summed E-state index contributed by atoms with van der Waals surface area (Å²) in [7, 11) is 0. The molecule has 4 nitrogen and oxygen atoms in total. The van der Waals surface area contributed by atoms with Crippen molar-refractivity contribution in [2.75, 3.05) is 0 Å². The maximum absolute atomic E-state index is 13.3. The zero-order valence-electron chi connectivity index (χ0n) is 17.1. The quantitative estimate of drug-likeness (QED) is 0.449. The van der Waals surface area contributed by atoms with Crippen molar-refractivity contribution >= 4 is 12.2 Å². The molecule has 0 saturated heterocycles. The minimum Gasteiger partial charge on any atom is -0.390 e. The van der Waals surface area contributed by atoms with Crippen LogP contribution in [0.1, 0.15) is 104 Å². The molecule has 3 N–H and O–H groups in total. The summed E-state index contributed by atoms with van der Waals surface area (Å²) in [5.41, 5.74) is 5.10. The smallest absolute Gasteiger partial charge is 0.248 e. The van der Waals surface area contributed by atoms with E-state index < -0.39 is 5.54 Å². The number of nitrogens with one attached hydrogen (secondary N) is 1. The molecular formula is C22H41N3O. The molecule has 2 atom stereocenters. The van der Waals surface area contributed by atoms with E-state index in [1.807, 2.05) is 0 Å². The maximum atomic E-state index is 13.3. The molecule has 0 aromatic rings. The third kappa shape index (κ3) is 6.28. The minimum atomic E-state index is -0.655. The molecule has 2 fully saturated rings. The Morgan fingerprint density at radius 2 is 1.69 bits per heavy atom. The lowest BCUT2D eigenvalue weighted by Gasteiger charge is -2.36. The first-order valence-electron chi connectivity index (χ1n) is 11.2. The Kier molecular flexibility index (Phi) is 8.94. The summed E-state index contributed by atoms with van der Waals surface area (Å²) in [5.74, 6) is 1.48. The molecule has 2 rings (SSSR count). The third-order valence-electron chi connectivity index (χ3n) is 6.78. The summed E-state index contributed by atoms with van der Waals surface area (Å²) in [4.78, 5) is 18.0. The predicted octanol–water partition coefficient (Wildman–Crippen LogP) is 4.96. The number of carbonyl (C=O) groups is 1. The summed E-state index contributed by atoms with van der Waals surface area (Å²) in [6.45, 7) is 4.19. The minimum absolute atomic E-state index is 0.106. The van der Waals surface area contributed by atoms with Crippen molar-refractivity contribution in [2.24, 2.45) is 22.6 Å². The van der Waals surface area contributed by atoms with Gasteiger partial charge in [-0.3, -0.25) is 9.79 Å². The number of amides is 1. The molecule has 0 aliphatic heterocycles. The Morgan fingerprint density at radius 3 is 2.23 bits per heavy atom. The van der Waals surface area contributed by atoms with Gasteiger partial charge in [0.25, 0.3) is 0 Å². The van der Waals surface area contributed by atoms with Crippen LogP contribution in [0.5, 0.6) is 0 Å².